The Morgan fingerprint density at radius 2 is 2.04 bits per heavy atom. The third kappa shape index (κ3) is 9.10. The van der Waals surface area contributed by atoms with E-state index in [1.54, 1.807) is 0 Å². The number of aliphatic hydroxyl groups is 1. The quantitative estimate of drug-likeness (QED) is 0.522. The van der Waals surface area contributed by atoms with Gasteiger partial charge in [-0.25, -0.2) is 0 Å². The van der Waals surface area contributed by atoms with Crippen molar-refractivity contribution in [1.29, 1.82) is 0 Å². The summed E-state index contributed by atoms with van der Waals surface area (Å²) in [7, 11) is 0. The van der Waals surface area contributed by atoms with Gasteiger partial charge in [-0.2, -0.15) is 0 Å². The van der Waals surface area contributed by atoms with E-state index in [9.17, 15) is 9.59 Å². The number of carbonyl (C=O) groups is 2. The summed E-state index contributed by atoms with van der Waals surface area (Å²) in [6, 6.07) is 10.4. The second-order valence-electron chi connectivity index (χ2n) is 5.84. The van der Waals surface area contributed by atoms with E-state index in [4.69, 9.17) is 14.6 Å². The molecule has 132 valence electrons. The van der Waals surface area contributed by atoms with Gasteiger partial charge in [-0.1, -0.05) is 30.3 Å². The highest BCUT2D eigenvalue weighted by atomic mass is 16.5. The molecule has 2 atom stereocenters. The van der Waals surface area contributed by atoms with Crippen molar-refractivity contribution in [3.05, 3.63) is 48.2 Å². The summed E-state index contributed by atoms with van der Waals surface area (Å²) in [6.07, 6.45) is 3.99. The Kier molecular flexibility index (Phi) is 9.46. The van der Waals surface area contributed by atoms with Gasteiger partial charge in [0.2, 0.25) is 0 Å². The Bertz CT molecular complexity index is 524. The first-order valence-electron chi connectivity index (χ1n) is 8.13. The highest BCUT2D eigenvalue weighted by Gasteiger charge is 2.19. The van der Waals surface area contributed by atoms with Crippen LogP contribution in [-0.2, 0) is 25.5 Å². The van der Waals surface area contributed by atoms with Crippen LogP contribution >= 0.6 is 0 Å². The molecule has 1 aromatic carbocycles. The van der Waals surface area contributed by atoms with Crippen molar-refractivity contribution in [3.63, 3.8) is 0 Å². The van der Waals surface area contributed by atoms with Gasteiger partial charge in [-0.3, -0.25) is 9.59 Å². The maximum Gasteiger partial charge on any atom is 0.308 e. The van der Waals surface area contributed by atoms with Crippen LogP contribution in [0.15, 0.2) is 42.7 Å². The Morgan fingerprint density at radius 3 is 2.62 bits per heavy atom. The van der Waals surface area contributed by atoms with Gasteiger partial charge in [-0.05, 0) is 38.2 Å². The summed E-state index contributed by atoms with van der Waals surface area (Å²) in [5, 5.41) is 7.84. The third-order valence-corrected chi connectivity index (χ3v) is 3.48. The van der Waals surface area contributed by atoms with Crippen LogP contribution in [0.1, 0.15) is 32.3 Å². The van der Waals surface area contributed by atoms with E-state index in [1.165, 1.54) is 12.5 Å². The minimum atomic E-state index is -0.150. The minimum Gasteiger partial charge on any atom is -0.515 e. The fraction of sp³-hybridized carbons (Fsp3) is 0.474. The lowest BCUT2D eigenvalue weighted by Gasteiger charge is -2.19. The molecule has 0 bridgehead atoms. The van der Waals surface area contributed by atoms with E-state index >= 15 is 0 Å². The Hall–Kier alpha value is -2.14. The number of cyclic esters (lactones) is 1. The van der Waals surface area contributed by atoms with Crippen molar-refractivity contribution in [2.24, 2.45) is 5.92 Å². The number of rotatable bonds is 3. The topological polar surface area (TPSA) is 72.8 Å². The molecule has 2 rings (SSSR count). The lowest BCUT2D eigenvalue weighted by atomic mass is 9.95. The van der Waals surface area contributed by atoms with Gasteiger partial charge in [0.25, 0.3) is 0 Å². The van der Waals surface area contributed by atoms with Crippen LogP contribution in [0, 0.1) is 5.92 Å². The van der Waals surface area contributed by atoms with Crippen molar-refractivity contribution >= 4 is 11.8 Å². The first-order chi connectivity index (χ1) is 11.5. The van der Waals surface area contributed by atoms with Gasteiger partial charge in [-0.15, -0.1) is 0 Å². The molecule has 1 N–H and O–H groups in total. The average molecular weight is 334 g/mol. The number of esters is 1. The summed E-state index contributed by atoms with van der Waals surface area (Å²) >= 11 is 0. The normalized spacial score (nSPS) is 21.7. The van der Waals surface area contributed by atoms with Crippen molar-refractivity contribution < 1.29 is 24.2 Å². The molecule has 1 aliphatic rings. The Labute approximate surface area is 143 Å². The standard InChI is InChI=1S/C15H20O3.C4H6O2/c1-12-9-14(10-13-5-3-2-4-6-13)11-17-8-7-15(16)18-12;1-4(6)2-3-5/h2-6,12,14H,7-11H2,1H3;2-3,5H,1H3/b;3-2+. The van der Waals surface area contributed by atoms with Gasteiger partial charge >= 0.3 is 5.97 Å². The number of allylic oxidation sites excluding steroid dienone is 1. The molecule has 1 saturated heterocycles. The molecule has 5 heteroatoms. The number of hydrogen-bond donors (Lipinski definition) is 1. The summed E-state index contributed by atoms with van der Waals surface area (Å²) < 4.78 is 10.9. The molecule has 0 amide bonds. The molecular formula is C19H26O5. The zero-order valence-electron chi connectivity index (χ0n) is 14.3. The van der Waals surface area contributed by atoms with E-state index in [-0.39, 0.29) is 17.9 Å². The molecule has 1 aromatic rings. The maximum absolute atomic E-state index is 11.4. The Balaban J connectivity index is 0.000000413. The van der Waals surface area contributed by atoms with Gasteiger partial charge in [0.15, 0.2) is 5.78 Å². The molecule has 0 spiro atoms. The number of ketones is 1. The van der Waals surface area contributed by atoms with Crippen molar-refractivity contribution in [3.8, 4) is 0 Å². The molecule has 1 fully saturated rings. The van der Waals surface area contributed by atoms with Crippen LogP contribution in [0.2, 0.25) is 0 Å². The van der Waals surface area contributed by atoms with Gasteiger partial charge in [0, 0.05) is 12.7 Å². The van der Waals surface area contributed by atoms with Gasteiger partial charge in [0.05, 0.1) is 25.4 Å². The zero-order valence-corrected chi connectivity index (χ0v) is 14.3. The van der Waals surface area contributed by atoms with Gasteiger partial charge in [0.1, 0.15) is 0 Å². The van der Waals surface area contributed by atoms with Crippen molar-refractivity contribution in [1.82, 2.24) is 0 Å². The van der Waals surface area contributed by atoms with Crippen LogP contribution in [0.5, 0.6) is 0 Å². The molecule has 0 aromatic heterocycles. The molecule has 0 radical (unpaired) electrons. The largest absolute Gasteiger partial charge is 0.515 e. The molecule has 5 nitrogen and oxygen atoms in total. The minimum absolute atomic E-state index is 0.0205. The fourth-order valence-electron chi connectivity index (χ4n) is 2.47. The van der Waals surface area contributed by atoms with Crippen molar-refractivity contribution in [2.45, 2.75) is 39.2 Å². The van der Waals surface area contributed by atoms with E-state index < -0.39 is 0 Å². The lowest BCUT2D eigenvalue weighted by Crippen LogP contribution is -2.20. The predicted octanol–water partition coefficient (Wildman–Crippen LogP) is 3.23. The summed E-state index contributed by atoms with van der Waals surface area (Å²) in [6.45, 7) is 4.50. The molecule has 0 saturated carbocycles. The van der Waals surface area contributed by atoms with Gasteiger partial charge < -0.3 is 14.6 Å². The second-order valence-corrected chi connectivity index (χ2v) is 5.84. The third-order valence-electron chi connectivity index (χ3n) is 3.48. The molecule has 24 heavy (non-hydrogen) atoms. The van der Waals surface area contributed by atoms with Crippen LogP contribution in [0.25, 0.3) is 0 Å². The highest BCUT2D eigenvalue weighted by molar-refractivity contribution is 5.86. The first kappa shape index (κ1) is 19.9. The summed E-state index contributed by atoms with van der Waals surface area (Å²) in [4.78, 5) is 21.2. The van der Waals surface area contributed by atoms with Crippen molar-refractivity contribution in [2.75, 3.05) is 13.2 Å². The number of hydrogen-bond acceptors (Lipinski definition) is 5. The fourth-order valence-corrected chi connectivity index (χ4v) is 2.47. The van der Waals surface area contributed by atoms with E-state index in [1.807, 2.05) is 13.0 Å². The second kappa shape index (κ2) is 11.4. The predicted molar refractivity (Wildman–Crippen MR) is 91.7 cm³/mol. The lowest BCUT2D eigenvalue weighted by molar-refractivity contribution is -0.148. The molecular weight excluding hydrogens is 308 g/mol. The summed E-state index contributed by atoms with van der Waals surface area (Å²) in [5.74, 6) is 0.119. The summed E-state index contributed by atoms with van der Waals surface area (Å²) in [5.41, 5.74) is 1.31. The van der Waals surface area contributed by atoms with Crippen LogP contribution in [0.3, 0.4) is 0 Å². The van der Waals surface area contributed by atoms with E-state index in [0.29, 0.717) is 25.6 Å². The molecule has 1 heterocycles. The number of aliphatic hydroxyl groups excluding tert-OH is 1. The molecule has 1 aliphatic heterocycles. The van der Waals surface area contributed by atoms with Crippen LogP contribution in [0.4, 0.5) is 0 Å². The highest BCUT2D eigenvalue weighted by Crippen LogP contribution is 2.18. The zero-order chi connectivity index (χ0) is 17.8. The van der Waals surface area contributed by atoms with Crippen LogP contribution in [-0.4, -0.2) is 36.2 Å². The molecule has 0 aliphatic carbocycles. The van der Waals surface area contributed by atoms with Crippen LogP contribution < -0.4 is 0 Å². The number of carbonyl (C=O) groups excluding carboxylic acids is 2. The first-order valence-corrected chi connectivity index (χ1v) is 8.13. The molecule has 2 unspecified atom stereocenters. The average Bonchev–Trinajstić information content (AvgIpc) is 2.59. The number of benzene rings is 1. The maximum atomic E-state index is 11.4. The smallest absolute Gasteiger partial charge is 0.308 e. The Morgan fingerprint density at radius 1 is 1.33 bits per heavy atom. The SMILES string of the molecule is CC(=O)/C=C/O.CC1CC(Cc2ccccc2)COCCC(=O)O1. The van der Waals surface area contributed by atoms with E-state index in [2.05, 4.69) is 24.3 Å². The van der Waals surface area contributed by atoms with E-state index in [0.717, 1.165) is 25.2 Å². The monoisotopic (exact) mass is 334 g/mol. The number of ether oxygens (including phenoxy) is 2.